The van der Waals surface area contributed by atoms with Crippen LogP contribution in [0.2, 0.25) is 5.02 Å². The summed E-state index contributed by atoms with van der Waals surface area (Å²) in [7, 11) is 0. The Bertz CT molecular complexity index is 1660. The Labute approximate surface area is 239 Å². The highest BCUT2D eigenvalue weighted by Crippen LogP contribution is 2.49. The van der Waals surface area contributed by atoms with Crippen molar-refractivity contribution in [2.45, 2.75) is 0 Å². The van der Waals surface area contributed by atoms with Crippen molar-refractivity contribution in [2.24, 2.45) is 0 Å². The Morgan fingerprint density at radius 3 is 1.00 bits per heavy atom. The van der Waals surface area contributed by atoms with E-state index in [2.05, 4.69) is 160 Å². The fourth-order valence-electron chi connectivity index (χ4n) is 5.43. The fourth-order valence-corrected chi connectivity index (χ4v) is 5.72. The van der Waals surface area contributed by atoms with Crippen molar-refractivity contribution < 1.29 is 0 Å². The lowest BCUT2D eigenvalue weighted by Gasteiger charge is -2.34. The summed E-state index contributed by atoms with van der Waals surface area (Å²) in [6.07, 6.45) is 0. The van der Waals surface area contributed by atoms with E-state index < -0.39 is 0 Å². The first-order chi connectivity index (χ1) is 19.8. The van der Waals surface area contributed by atoms with Crippen molar-refractivity contribution in [3.05, 3.63) is 163 Å². The molecule has 6 bridgehead atoms. The number of anilines is 9. The molecule has 0 saturated carbocycles. The van der Waals surface area contributed by atoms with E-state index in [1.807, 2.05) is 12.1 Å². The van der Waals surface area contributed by atoms with Gasteiger partial charge in [-0.1, -0.05) is 84.4 Å². The van der Waals surface area contributed by atoms with Crippen LogP contribution in [0.25, 0.3) is 0 Å². The monoisotopic (exact) mass is 535 g/mol. The number of halogens is 1. The van der Waals surface area contributed by atoms with Crippen LogP contribution in [0.3, 0.4) is 0 Å². The van der Waals surface area contributed by atoms with Crippen LogP contribution >= 0.6 is 11.6 Å². The Morgan fingerprint density at radius 1 is 0.300 bits per heavy atom. The molecule has 4 heteroatoms. The third kappa shape index (κ3) is 4.27. The van der Waals surface area contributed by atoms with Gasteiger partial charge in [-0.2, -0.15) is 0 Å². The van der Waals surface area contributed by atoms with E-state index in [-0.39, 0.29) is 0 Å². The number of para-hydroxylation sites is 3. The first kappa shape index (κ1) is 24.1. The molecule has 6 aromatic carbocycles. The molecule has 6 aromatic rings. The van der Waals surface area contributed by atoms with Crippen molar-refractivity contribution in [3.63, 3.8) is 0 Å². The number of hydrogen-bond donors (Lipinski definition) is 0. The maximum atomic E-state index is 7.38. The molecule has 0 aliphatic carbocycles. The zero-order valence-corrected chi connectivity index (χ0v) is 22.5. The number of rotatable bonds is 3. The van der Waals surface area contributed by atoms with E-state index in [0.29, 0.717) is 5.02 Å². The van der Waals surface area contributed by atoms with Crippen molar-refractivity contribution in [3.8, 4) is 0 Å². The second kappa shape index (κ2) is 10.3. The lowest BCUT2D eigenvalue weighted by atomic mass is 10.1. The minimum atomic E-state index is 0.673. The average Bonchev–Trinajstić information content (AvgIpc) is 3.01. The molecule has 0 atom stereocenters. The quantitative estimate of drug-likeness (QED) is 0.223. The van der Waals surface area contributed by atoms with E-state index in [1.165, 1.54) is 0 Å². The van der Waals surface area contributed by atoms with Crippen LogP contribution in [0.4, 0.5) is 51.2 Å². The summed E-state index contributed by atoms with van der Waals surface area (Å²) < 4.78 is 0. The van der Waals surface area contributed by atoms with E-state index in [1.54, 1.807) is 0 Å². The van der Waals surface area contributed by atoms with Crippen LogP contribution in [-0.4, -0.2) is 0 Å². The van der Waals surface area contributed by atoms with Gasteiger partial charge in [0.15, 0.2) is 0 Å². The lowest BCUT2D eigenvalue weighted by molar-refractivity contribution is 1.22. The zero-order valence-electron chi connectivity index (χ0n) is 21.7. The normalized spacial score (nSPS) is 12.5. The van der Waals surface area contributed by atoms with Crippen LogP contribution in [0.1, 0.15) is 0 Å². The van der Waals surface area contributed by atoms with Crippen LogP contribution in [0, 0.1) is 0 Å². The van der Waals surface area contributed by atoms with Gasteiger partial charge in [0, 0.05) is 39.8 Å². The second-order valence-corrected chi connectivity index (χ2v) is 10.0. The summed E-state index contributed by atoms with van der Waals surface area (Å²) in [5.41, 5.74) is 9.12. The molecular formula is C36H26ClN3. The molecule has 1 aliphatic rings. The third-order valence-electron chi connectivity index (χ3n) is 7.18. The van der Waals surface area contributed by atoms with Gasteiger partial charge in [0.2, 0.25) is 0 Å². The van der Waals surface area contributed by atoms with E-state index in [0.717, 1.165) is 51.2 Å². The van der Waals surface area contributed by atoms with Gasteiger partial charge in [0.1, 0.15) is 0 Å². The van der Waals surface area contributed by atoms with E-state index in [4.69, 9.17) is 11.6 Å². The van der Waals surface area contributed by atoms with Crippen LogP contribution in [0.5, 0.6) is 0 Å². The summed E-state index contributed by atoms with van der Waals surface area (Å²) in [6, 6.07) is 54.8. The van der Waals surface area contributed by atoms with Gasteiger partial charge in [-0.3, -0.25) is 0 Å². The summed E-state index contributed by atoms with van der Waals surface area (Å²) in [4.78, 5) is 6.77. The number of fused-ring (bicyclic) bond motifs is 6. The smallest absolute Gasteiger partial charge is 0.0887 e. The molecule has 0 N–H and O–H groups in total. The van der Waals surface area contributed by atoms with Crippen LogP contribution < -0.4 is 14.7 Å². The summed E-state index contributed by atoms with van der Waals surface area (Å²) >= 11 is 7.38. The van der Waals surface area contributed by atoms with Gasteiger partial charge in [0.05, 0.1) is 16.4 Å². The van der Waals surface area contributed by atoms with Gasteiger partial charge in [-0.15, -0.1) is 0 Å². The molecular weight excluding hydrogens is 510 g/mol. The van der Waals surface area contributed by atoms with Crippen molar-refractivity contribution in [2.75, 3.05) is 14.7 Å². The highest BCUT2D eigenvalue weighted by Gasteiger charge is 2.24. The molecule has 1 aliphatic heterocycles. The molecule has 0 amide bonds. The molecule has 0 saturated heterocycles. The molecule has 40 heavy (non-hydrogen) atoms. The van der Waals surface area contributed by atoms with Gasteiger partial charge in [-0.05, 0) is 84.9 Å². The number of benzene rings is 6. The minimum absolute atomic E-state index is 0.673. The number of hydrogen-bond acceptors (Lipinski definition) is 3. The molecule has 0 spiro atoms. The molecule has 0 unspecified atom stereocenters. The summed E-state index contributed by atoms with van der Waals surface area (Å²) in [5, 5.41) is 0.673. The highest BCUT2D eigenvalue weighted by atomic mass is 35.5. The molecule has 0 radical (unpaired) electrons. The first-order valence-corrected chi connectivity index (χ1v) is 13.7. The van der Waals surface area contributed by atoms with E-state index in [9.17, 15) is 0 Å². The standard InChI is InChI=1S/C36H26ClN3/c37-36-34-23-12-24-35(36)40(29-17-8-3-9-18-29)33-22-11-20-31(26-33)38(27-13-4-1-5-14-27)30-19-10-21-32(25-30)39(34)28-15-6-2-7-16-28/h1-26H. The predicted molar refractivity (Wildman–Crippen MR) is 169 cm³/mol. The highest BCUT2D eigenvalue weighted by molar-refractivity contribution is 6.36. The van der Waals surface area contributed by atoms with Crippen LogP contribution in [-0.2, 0) is 0 Å². The van der Waals surface area contributed by atoms with Gasteiger partial charge in [0.25, 0.3) is 0 Å². The molecule has 192 valence electrons. The lowest BCUT2D eigenvalue weighted by Crippen LogP contribution is -2.17. The fraction of sp³-hybridized carbons (Fsp3) is 0. The van der Waals surface area contributed by atoms with Crippen molar-refractivity contribution >= 4 is 62.8 Å². The third-order valence-corrected chi connectivity index (χ3v) is 7.56. The Morgan fingerprint density at radius 2 is 0.600 bits per heavy atom. The van der Waals surface area contributed by atoms with Gasteiger partial charge < -0.3 is 14.7 Å². The SMILES string of the molecule is Clc1c2cccc1N(c1ccccc1)c1cccc(c1)N(c1ccccc1)c1cccc(c1)N2c1ccccc1. The van der Waals surface area contributed by atoms with Gasteiger partial charge >= 0.3 is 0 Å². The summed E-state index contributed by atoms with van der Waals surface area (Å²) in [5.74, 6) is 0. The molecule has 7 rings (SSSR count). The molecule has 3 nitrogen and oxygen atoms in total. The first-order valence-electron chi connectivity index (χ1n) is 13.3. The maximum Gasteiger partial charge on any atom is 0.0887 e. The Balaban J connectivity index is 1.58. The van der Waals surface area contributed by atoms with Crippen LogP contribution in [0.15, 0.2) is 158 Å². The minimum Gasteiger partial charge on any atom is -0.310 e. The number of nitrogens with zero attached hydrogens (tertiary/aromatic N) is 3. The second-order valence-electron chi connectivity index (χ2n) is 9.66. The Hall–Kier alpha value is -4.99. The molecule has 0 aromatic heterocycles. The largest absolute Gasteiger partial charge is 0.310 e. The molecule has 0 fully saturated rings. The Kier molecular flexibility index (Phi) is 6.19. The van der Waals surface area contributed by atoms with Crippen molar-refractivity contribution in [1.82, 2.24) is 0 Å². The zero-order chi connectivity index (χ0) is 26.9. The van der Waals surface area contributed by atoms with Gasteiger partial charge in [-0.25, -0.2) is 0 Å². The predicted octanol–water partition coefficient (Wildman–Crippen LogP) is 11.1. The van der Waals surface area contributed by atoms with Crippen molar-refractivity contribution in [1.29, 1.82) is 0 Å². The topological polar surface area (TPSA) is 9.72 Å². The average molecular weight is 536 g/mol. The van der Waals surface area contributed by atoms with E-state index >= 15 is 0 Å². The molecule has 1 heterocycles. The summed E-state index contributed by atoms with van der Waals surface area (Å²) in [6.45, 7) is 0. The maximum absolute atomic E-state index is 7.38.